The maximum Gasteiger partial charge on any atom is 0.251 e. The molecule has 3 N–H and O–H groups in total. The Bertz CT molecular complexity index is 583. The van der Waals surface area contributed by atoms with Crippen molar-refractivity contribution in [3.63, 3.8) is 0 Å². The van der Waals surface area contributed by atoms with Crippen LogP contribution in [-0.4, -0.2) is 45.7 Å². The Morgan fingerprint density at radius 1 is 1.15 bits per heavy atom. The Kier molecular flexibility index (Phi) is 8.79. The zero-order valence-electron chi connectivity index (χ0n) is 16.0. The molecule has 0 unspecified atom stereocenters. The van der Waals surface area contributed by atoms with Crippen LogP contribution in [0, 0.1) is 5.92 Å². The molecule has 0 spiro atoms. The van der Waals surface area contributed by atoms with Gasteiger partial charge in [0.2, 0.25) is 0 Å². The van der Waals surface area contributed by atoms with E-state index >= 15 is 0 Å². The molecular formula is C20H32N4O2. The molecule has 0 radical (unpaired) electrons. The van der Waals surface area contributed by atoms with E-state index in [4.69, 9.17) is 4.74 Å². The van der Waals surface area contributed by atoms with E-state index in [0.29, 0.717) is 24.4 Å². The molecule has 0 aromatic heterocycles. The molecule has 0 atom stereocenters. The fourth-order valence-electron chi connectivity index (χ4n) is 3.34. The first-order valence-electron chi connectivity index (χ1n) is 9.59. The number of nitrogens with one attached hydrogen (secondary N) is 3. The van der Waals surface area contributed by atoms with Gasteiger partial charge >= 0.3 is 0 Å². The first kappa shape index (κ1) is 20.1. The monoisotopic (exact) mass is 360 g/mol. The number of hydrogen-bond acceptors (Lipinski definition) is 3. The number of aliphatic imine (C=N–C) groups is 1. The zero-order chi connectivity index (χ0) is 18.6. The summed E-state index contributed by atoms with van der Waals surface area (Å²) in [6.07, 6.45) is 8.10. The largest absolute Gasteiger partial charge is 0.497 e. The second kappa shape index (κ2) is 11.4. The van der Waals surface area contributed by atoms with Gasteiger partial charge in [0.1, 0.15) is 5.75 Å². The van der Waals surface area contributed by atoms with Gasteiger partial charge in [0.25, 0.3) is 5.91 Å². The Labute approximate surface area is 156 Å². The number of hydrogen-bond donors (Lipinski definition) is 3. The standard InChI is InChI=1S/C20H32N4O2/c1-21-20(23-12-6-9-16-7-3-4-8-16)24-14-13-22-19(25)17-10-5-11-18(15-17)26-2/h5,10-11,15-16H,3-4,6-9,12-14H2,1-2H3,(H,22,25)(H2,21,23,24). The normalized spacial score (nSPS) is 14.9. The molecule has 1 fully saturated rings. The van der Waals surface area contributed by atoms with Crippen LogP contribution in [-0.2, 0) is 0 Å². The number of amides is 1. The van der Waals surface area contributed by atoms with Gasteiger partial charge in [-0.1, -0.05) is 31.7 Å². The van der Waals surface area contributed by atoms with Crippen molar-refractivity contribution >= 4 is 11.9 Å². The number of guanidine groups is 1. The first-order chi connectivity index (χ1) is 12.7. The molecule has 1 amide bonds. The molecule has 0 bridgehead atoms. The maximum atomic E-state index is 12.1. The third kappa shape index (κ3) is 6.94. The van der Waals surface area contributed by atoms with Crippen LogP contribution in [0.3, 0.4) is 0 Å². The lowest BCUT2D eigenvalue weighted by molar-refractivity contribution is 0.0954. The number of ether oxygens (including phenoxy) is 1. The van der Waals surface area contributed by atoms with Gasteiger partial charge in [0.05, 0.1) is 7.11 Å². The van der Waals surface area contributed by atoms with E-state index in [1.165, 1.54) is 38.5 Å². The number of rotatable bonds is 9. The molecule has 26 heavy (non-hydrogen) atoms. The van der Waals surface area contributed by atoms with Crippen molar-refractivity contribution in [2.75, 3.05) is 33.8 Å². The summed E-state index contributed by atoms with van der Waals surface area (Å²) in [4.78, 5) is 16.3. The summed E-state index contributed by atoms with van der Waals surface area (Å²) in [7, 11) is 3.36. The van der Waals surface area contributed by atoms with Crippen LogP contribution in [0.25, 0.3) is 0 Å². The van der Waals surface area contributed by atoms with Crippen LogP contribution in [0.2, 0.25) is 0 Å². The molecule has 0 saturated heterocycles. The highest BCUT2D eigenvalue weighted by molar-refractivity contribution is 5.94. The highest BCUT2D eigenvalue weighted by Crippen LogP contribution is 2.28. The molecule has 0 heterocycles. The minimum Gasteiger partial charge on any atom is -0.497 e. The molecule has 6 heteroatoms. The van der Waals surface area contributed by atoms with Crippen molar-refractivity contribution in [1.29, 1.82) is 0 Å². The van der Waals surface area contributed by atoms with Gasteiger partial charge in [-0.3, -0.25) is 9.79 Å². The quantitative estimate of drug-likeness (QED) is 0.359. The number of nitrogens with zero attached hydrogens (tertiary/aromatic N) is 1. The van der Waals surface area contributed by atoms with Crippen molar-refractivity contribution in [2.45, 2.75) is 38.5 Å². The summed E-state index contributed by atoms with van der Waals surface area (Å²) >= 11 is 0. The Hall–Kier alpha value is -2.24. The lowest BCUT2D eigenvalue weighted by Crippen LogP contribution is -2.41. The van der Waals surface area contributed by atoms with Crippen molar-refractivity contribution < 1.29 is 9.53 Å². The first-order valence-corrected chi connectivity index (χ1v) is 9.59. The van der Waals surface area contributed by atoms with Crippen molar-refractivity contribution in [1.82, 2.24) is 16.0 Å². The van der Waals surface area contributed by atoms with Crippen molar-refractivity contribution in [2.24, 2.45) is 10.9 Å². The molecular weight excluding hydrogens is 328 g/mol. The molecule has 1 aromatic carbocycles. The lowest BCUT2D eigenvalue weighted by atomic mass is 10.0. The molecule has 0 aliphatic heterocycles. The third-order valence-corrected chi connectivity index (χ3v) is 4.81. The predicted molar refractivity (Wildman–Crippen MR) is 106 cm³/mol. The highest BCUT2D eigenvalue weighted by atomic mass is 16.5. The second-order valence-electron chi connectivity index (χ2n) is 6.71. The third-order valence-electron chi connectivity index (χ3n) is 4.81. The average molecular weight is 361 g/mol. The van der Waals surface area contributed by atoms with Crippen molar-refractivity contribution in [3.8, 4) is 5.75 Å². The fourth-order valence-corrected chi connectivity index (χ4v) is 3.34. The topological polar surface area (TPSA) is 74.8 Å². The Balaban J connectivity index is 1.58. The van der Waals surface area contributed by atoms with E-state index in [1.54, 1.807) is 26.3 Å². The minimum absolute atomic E-state index is 0.106. The van der Waals surface area contributed by atoms with E-state index in [1.807, 2.05) is 12.1 Å². The maximum absolute atomic E-state index is 12.1. The summed E-state index contributed by atoms with van der Waals surface area (Å²) in [5.41, 5.74) is 0.596. The van der Waals surface area contributed by atoms with Crippen LogP contribution in [0.15, 0.2) is 29.3 Å². The summed E-state index contributed by atoms with van der Waals surface area (Å²) < 4.78 is 5.14. The van der Waals surface area contributed by atoms with E-state index in [2.05, 4.69) is 20.9 Å². The molecule has 1 aliphatic carbocycles. The smallest absolute Gasteiger partial charge is 0.251 e. The predicted octanol–water partition coefficient (Wildman–Crippen LogP) is 2.56. The molecule has 1 saturated carbocycles. The molecule has 6 nitrogen and oxygen atoms in total. The van der Waals surface area contributed by atoms with Gasteiger partial charge < -0.3 is 20.7 Å². The summed E-state index contributed by atoms with van der Waals surface area (Å²) in [5, 5.41) is 9.46. The summed E-state index contributed by atoms with van der Waals surface area (Å²) in [5.74, 6) is 2.29. The van der Waals surface area contributed by atoms with E-state index in [9.17, 15) is 4.79 Å². The number of carbonyl (C=O) groups excluding carboxylic acids is 1. The Morgan fingerprint density at radius 2 is 1.88 bits per heavy atom. The van der Waals surface area contributed by atoms with Gasteiger partial charge in [0.15, 0.2) is 5.96 Å². The fraction of sp³-hybridized carbons (Fsp3) is 0.600. The van der Waals surface area contributed by atoms with E-state index < -0.39 is 0 Å². The summed E-state index contributed by atoms with van der Waals surface area (Å²) in [6, 6.07) is 7.13. The second-order valence-corrected chi connectivity index (χ2v) is 6.71. The number of methoxy groups -OCH3 is 1. The number of carbonyl (C=O) groups is 1. The SMILES string of the molecule is CN=C(NCCCC1CCCC1)NCCNC(=O)c1cccc(OC)c1. The van der Waals surface area contributed by atoms with Gasteiger partial charge in [-0.15, -0.1) is 0 Å². The van der Waals surface area contributed by atoms with Crippen molar-refractivity contribution in [3.05, 3.63) is 29.8 Å². The van der Waals surface area contributed by atoms with E-state index in [0.717, 1.165) is 18.4 Å². The van der Waals surface area contributed by atoms with Crippen LogP contribution >= 0.6 is 0 Å². The number of benzene rings is 1. The minimum atomic E-state index is -0.106. The van der Waals surface area contributed by atoms with Gasteiger partial charge in [-0.25, -0.2) is 0 Å². The average Bonchev–Trinajstić information content (AvgIpc) is 3.20. The highest BCUT2D eigenvalue weighted by Gasteiger charge is 2.14. The van der Waals surface area contributed by atoms with Crippen LogP contribution in [0.1, 0.15) is 48.9 Å². The lowest BCUT2D eigenvalue weighted by Gasteiger charge is -2.13. The van der Waals surface area contributed by atoms with Gasteiger partial charge in [-0.2, -0.15) is 0 Å². The molecule has 1 aliphatic rings. The van der Waals surface area contributed by atoms with Crippen LogP contribution in [0.5, 0.6) is 5.75 Å². The molecule has 1 aromatic rings. The van der Waals surface area contributed by atoms with E-state index in [-0.39, 0.29) is 5.91 Å². The molecule has 144 valence electrons. The van der Waals surface area contributed by atoms with Gasteiger partial charge in [0, 0.05) is 32.2 Å². The Morgan fingerprint density at radius 3 is 2.62 bits per heavy atom. The molecule has 2 rings (SSSR count). The van der Waals surface area contributed by atoms with Gasteiger partial charge in [-0.05, 0) is 37.0 Å². The summed E-state index contributed by atoms with van der Waals surface area (Å²) in [6.45, 7) is 2.09. The van der Waals surface area contributed by atoms with Crippen LogP contribution in [0.4, 0.5) is 0 Å². The van der Waals surface area contributed by atoms with Crippen LogP contribution < -0.4 is 20.7 Å². The zero-order valence-corrected chi connectivity index (χ0v) is 16.0.